The monoisotopic (exact) mass is 284 g/mol. The van der Waals surface area contributed by atoms with E-state index in [0.717, 1.165) is 6.42 Å². The fraction of sp³-hybridized carbons (Fsp3) is 0.778. The lowest BCUT2D eigenvalue weighted by Gasteiger charge is -2.16. The molecule has 0 unspecified atom stereocenters. The fourth-order valence-electron chi connectivity index (χ4n) is 0.845. The number of rotatable bonds is 6. The van der Waals surface area contributed by atoms with Gasteiger partial charge < -0.3 is 9.47 Å². The highest BCUT2D eigenvalue weighted by molar-refractivity contribution is 14.1. The molecule has 12 heavy (non-hydrogen) atoms. The van der Waals surface area contributed by atoms with Gasteiger partial charge in [0, 0.05) is 19.6 Å². The standard InChI is InChI=1S/C9H17IO2/c1-4-11-9(12-5-2)6-8(3)7-10/h7,9H,4-6H2,1-3H3/b8-7-. The second kappa shape index (κ2) is 8.01. The summed E-state index contributed by atoms with van der Waals surface area (Å²) >= 11 is 2.23. The molecule has 0 radical (unpaired) electrons. The van der Waals surface area contributed by atoms with E-state index >= 15 is 0 Å². The Morgan fingerprint density at radius 3 is 2.17 bits per heavy atom. The van der Waals surface area contributed by atoms with E-state index in [0.29, 0.717) is 13.2 Å². The number of halogens is 1. The summed E-state index contributed by atoms with van der Waals surface area (Å²) in [7, 11) is 0. The lowest BCUT2D eigenvalue weighted by Crippen LogP contribution is -2.17. The van der Waals surface area contributed by atoms with E-state index in [1.54, 1.807) is 0 Å². The first-order valence-electron chi connectivity index (χ1n) is 4.23. The first kappa shape index (κ1) is 12.4. The molecule has 0 saturated carbocycles. The zero-order chi connectivity index (χ0) is 9.40. The lowest BCUT2D eigenvalue weighted by molar-refractivity contribution is -0.134. The zero-order valence-electron chi connectivity index (χ0n) is 7.97. The van der Waals surface area contributed by atoms with Gasteiger partial charge in [-0.15, -0.1) is 0 Å². The largest absolute Gasteiger partial charge is 0.353 e. The normalized spacial score (nSPS) is 12.6. The molecule has 0 atom stereocenters. The van der Waals surface area contributed by atoms with Gasteiger partial charge in [-0.1, -0.05) is 28.2 Å². The molecule has 0 spiro atoms. The summed E-state index contributed by atoms with van der Waals surface area (Å²) in [5.74, 6) is 0. The molecule has 0 saturated heterocycles. The maximum atomic E-state index is 5.39. The molecular formula is C9H17IO2. The van der Waals surface area contributed by atoms with Crippen molar-refractivity contribution >= 4 is 22.6 Å². The minimum Gasteiger partial charge on any atom is -0.353 e. The molecule has 2 nitrogen and oxygen atoms in total. The van der Waals surface area contributed by atoms with Crippen LogP contribution in [0.15, 0.2) is 9.66 Å². The summed E-state index contributed by atoms with van der Waals surface area (Å²) in [5.41, 5.74) is 1.29. The average Bonchev–Trinajstić information content (AvgIpc) is 2.05. The van der Waals surface area contributed by atoms with E-state index in [4.69, 9.17) is 9.47 Å². The van der Waals surface area contributed by atoms with Crippen LogP contribution in [0.5, 0.6) is 0 Å². The molecule has 0 rings (SSSR count). The highest BCUT2D eigenvalue weighted by atomic mass is 127. The van der Waals surface area contributed by atoms with Crippen LogP contribution >= 0.6 is 22.6 Å². The first-order valence-corrected chi connectivity index (χ1v) is 5.48. The second-order valence-electron chi connectivity index (χ2n) is 2.50. The van der Waals surface area contributed by atoms with Crippen LogP contribution in [0.4, 0.5) is 0 Å². The summed E-state index contributed by atoms with van der Waals surface area (Å²) in [6.45, 7) is 7.46. The summed E-state index contributed by atoms with van der Waals surface area (Å²) in [6, 6.07) is 0. The summed E-state index contributed by atoms with van der Waals surface area (Å²) in [5, 5.41) is 0. The van der Waals surface area contributed by atoms with E-state index in [2.05, 4.69) is 33.6 Å². The Bertz CT molecular complexity index is 128. The molecule has 0 aromatic carbocycles. The molecule has 0 amide bonds. The Labute approximate surface area is 88.5 Å². The molecule has 72 valence electrons. The molecule has 0 aromatic heterocycles. The van der Waals surface area contributed by atoms with Crippen molar-refractivity contribution in [3.63, 3.8) is 0 Å². The molecule has 0 bridgehead atoms. The number of hydrogen-bond acceptors (Lipinski definition) is 2. The zero-order valence-corrected chi connectivity index (χ0v) is 10.1. The number of hydrogen-bond donors (Lipinski definition) is 0. The highest BCUT2D eigenvalue weighted by Gasteiger charge is 2.07. The SMILES string of the molecule is CCOC(C/C(C)=C\I)OCC. The van der Waals surface area contributed by atoms with Crippen LogP contribution in [0.2, 0.25) is 0 Å². The van der Waals surface area contributed by atoms with Crippen molar-refractivity contribution in [1.29, 1.82) is 0 Å². The van der Waals surface area contributed by atoms with Crippen LogP contribution in [0.25, 0.3) is 0 Å². The molecule has 0 aliphatic heterocycles. The van der Waals surface area contributed by atoms with Gasteiger partial charge in [0.1, 0.15) is 0 Å². The van der Waals surface area contributed by atoms with Crippen LogP contribution in [-0.4, -0.2) is 19.5 Å². The molecule has 0 heterocycles. The molecule has 0 aliphatic rings. The van der Waals surface area contributed by atoms with Crippen LogP contribution in [0, 0.1) is 0 Å². The molecule has 0 fully saturated rings. The van der Waals surface area contributed by atoms with E-state index in [-0.39, 0.29) is 6.29 Å². The van der Waals surface area contributed by atoms with Crippen molar-refractivity contribution in [3.8, 4) is 0 Å². The van der Waals surface area contributed by atoms with Gasteiger partial charge in [-0.25, -0.2) is 0 Å². The van der Waals surface area contributed by atoms with E-state index in [1.807, 2.05) is 13.8 Å². The van der Waals surface area contributed by atoms with Crippen LogP contribution in [-0.2, 0) is 9.47 Å². The Hall–Kier alpha value is 0.390. The van der Waals surface area contributed by atoms with E-state index < -0.39 is 0 Å². The third-order valence-corrected chi connectivity index (χ3v) is 2.44. The van der Waals surface area contributed by atoms with Crippen molar-refractivity contribution in [3.05, 3.63) is 9.66 Å². The average molecular weight is 284 g/mol. The highest BCUT2D eigenvalue weighted by Crippen LogP contribution is 2.11. The smallest absolute Gasteiger partial charge is 0.161 e. The van der Waals surface area contributed by atoms with Gasteiger partial charge in [-0.3, -0.25) is 0 Å². The minimum absolute atomic E-state index is 0.0639. The quantitative estimate of drug-likeness (QED) is 0.551. The third kappa shape index (κ3) is 5.97. The van der Waals surface area contributed by atoms with E-state index in [1.165, 1.54) is 5.57 Å². The second-order valence-corrected chi connectivity index (χ2v) is 3.12. The van der Waals surface area contributed by atoms with Gasteiger partial charge in [0.25, 0.3) is 0 Å². The molecule has 3 heteroatoms. The van der Waals surface area contributed by atoms with Crippen LogP contribution in [0.1, 0.15) is 27.2 Å². The van der Waals surface area contributed by atoms with Crippen molar-refractivity contribution < 1.29 is 9.47 Å². The Morgan fingerprint density at radius 1 is 1.33 bits per heavy atom. The van der Waals surface area contributed by atoms with Gasteiger partial charge in [0.2, 0.25) is 0 Å². The summed E-state index contributed by atoms with van der Waals surface area (Å²) in [4.78, 5) is 0. The summed E-state index contributed by atoms with van der Waals surface area (Å²) in [6.07, 6.45) is 0.802. The van der Waals surface area contributed by atoms with Crippen molar-refractivity contribution in [2.75, 3.05) is 13.2 Å². The van der Waals surface area contributed by atoms with Crippen molar-refractivity contribution in [1.82, 2.24) is 0 Å². The maximum Gasteiger partial charge on any atom is 0.161 e. The van der Waals surface area contributed by atoms with Gasteiger partial charge in [0.15, 0.2) is 6.29 Å². The Kier molecular flexibility index (Phi) is 8.27. The molecular weight excluding hydrogens is 267 g/mol. The Balaban J connectivity index is 3.77. The van der Waals surface area contributed by atoms with Crippen LogP contribution < -0.4 is 0 Å². The van der Waals surface area contributed by atoms with E-state index in [9.17, 15) is 0 Å². The third-order valence-electron chi connectivity index (χ3n) is 1.38. The van der Waals surface area contributed by atoms with Crippen LogP contribution in [0.3, 0.4) is 0 Å². The molecule has 0 aromatic rings. The van der Waals surface area contributed by atoms with Crippen molar-refractivity contribution in [2.24, 2.45) is 0 Å². The predicted octanol–water partition coefficient (Wildman–Crippen LogP) is 3.11. The minimum atomic E-state index is -0.0639. The van der Waals surface area contributed by atoms with Gasteiger partial charge in [0.05, 0.1) is 0 Å². The Morgan fingerprint density at radius 2 is 1.83 bits per heavy atom. The summed E-state index contributed by atoms with van der Waals surface area (Å²) < 4.78 is 12.8. The number of ether oxygens (including phenoxy) is 2. The van der Waals surface area contributed by atoms with Crippen molar-refractivity contribution in [2.45, 2.75) is 33.5 Å². The van der Waals surface area contributed by atoms with Gasteiger partial charge in [-0.05, 0) is 24.9 Å². The van der Waals surface area contributed by atoms with Gasteiger partial charge in [-0.2, -0.15) is 0 Å². The molecule has 0 N–H and O–H groups in total. The first-order chi connectivity index (χ1) is 5.74. The topological polar surface area (TPSA) is 18.5 Å². The maximum absolute atomic E-state index is 5.39. The van der Waals surface area contributed by atoms with Gasteiger partial charge >= 0.3 is 0 Å². The molecule has 0 aliphatic carbocycles. The fourth-order valence-corrected chi connectivity index (χ4v) is 1.10. The lowest BCUT2D eigenvalue weighted by atomic mass is 10.2. The predicted molar refractivity (Wildman–Crippen MR) is 59.4 cm³/mol.